The van der Waals surface area contributed by atoms with Crippen LogP contribution in [0.3, 0.4) is 0 Å². The molecule has 0 N–H and O–H groups in total. The number of hydrogen-bond acceptors (Lipinski definition) is 4. The number of carbonyl (C=O) groups excluding carboxylic acids is 2. The van der Waals surface area contributed by atoms with E-state index in [0.717, 1.165) is 31.2 Å². The molecule has 1 heterocycles. The Bertz CT molecular complexity index is 483. The number of amides is 1. The Labute approximate surface area is 123 Å². The van der Waals surface area contributed by atoms with Gasteiger partial charge in [0.15, 0.2) is 0 Å². The van der Waals surface area contributed by atoms with Crippen molar-refractivity contribution < 1.29 is 14.3 Å². The molecule has 0 saturated carbocycles. The molecule has 0 radical (unpaired) electrons. The molecule has 0 aliphatic heterocycles. The van der Waals surface area contributed by atoms with Gasteiger partial charge < -0.3 is 9.64 Å². The lowest BCUT2D eigenvalue weighted by atomic mass is 9.86. The molecule has 0 aromatic carbocycles. The second kappa shape index (κ2) is 6.88. The molecule has 1 aliphatic carbocycles. The number of ether oxygens (including phenoxy) is 1. The van der Waals surface area contributed by atoms with Crippen LogP contribution in [0.5, 0.6) is 0 Å². The van der Waals surface area contributed by atoms with Crippen molar-refractivity contribution in [2.75, 3.05) is 20.2 Å². The summed E-state index contributed by atoms with van der Waals surface area (Å²) in [4.78, 5) is 27.2. The smallest absolute Gasteiger partial charge is 0.325 e. The molecular weight excluding hydrogens is 274 g/mol. The van der Waals surface area contributed by atoms with Crippen molar-refractivity contribution in [1.82, 2.24) is 4.90 Å². The number of methoxy groups -OCH3 is 1. The number of aryl methyl sites for hydroxylation is 1. The molecule has 5 heteroatoms. The van der Waals surface area contributed by atoms with E-state index in [2.05, 4.69) is 16.2 Å². The average molecular weight is 295 g/mol. The van der Waals surface area contributed by atoms with Gasteiger partial charge in [-0.2, -0.15) is 0 Å². The number of thiophene rings is 1. The zero-order valence-corrected chi connectivity index (χ0v) is 12.9. The number of nitrogens with zero attached hydrogens (tertiary/aromatic N) is 1. The first kappa shape index (κ1) is 15.0. The summed E-state index contributed by atoms with van der Waals surface area (Å²) in [5.41, 5.74) is 1.16. The first-order chi connectivity index (χ1) is 9.67. The van der Waals surface area contributed by atoms with Gasteiger partial charge in [0.2, 0.25) is 5.91 Å². The van der Waals surface area contributed by atoms with Crippen molar-refractivity contribution in [1.29, 1.82) is 0 Å². The predicted octanol–water partition coefficient (Wildman–Crippen LogP) is 2.58. The van der Waals surface area contributed by atoms with Gasteiger partial charge in [-0.1, -0.05) is 6.92 Å². The highest BCUT2D eigenvalue weighted by atomic mass is 32.1. The largest absolute Gasteiger partial charge is 0.468 e. The van der Waals surface area contributed by atoms with Gasteiger partial charge in [-0.05, 0) is 42.7 Å². The van der Waals surface area contributed by atoms with Crippen LogP contribution in [-0.2, 0) is 20.7 Å². The summed E-state index contributed by atoms with van der Waals surface area (Å²) < 4.78 is 4.69. The van der Waals surface area contributed by atoms with E-state index in [9.17, 15) is 9.59 Å². The third kappa shape index (κ3) is 3.20. The Morgan fingerprint density at radius 1 is 1.50 bits per heavy atom. The Morgan fingerprint density at radius 3 is 3.00 bits per heavy atom. The van der Waals surface area contributed by atoms with Crippen molar-refractivity contribution in [3.63, 3.8) is 0 Å². The summed E-state index contributed by atoms with van der Waals surface area (Å²) in [6.45, 7) is 2.66. The molecule has 1 unspecified atom stereocenters. The molecule has 2 rings (SSSR count). The summed E-state index contributed by atoms with van der Waals surface area (Å²) >= 11 is 1.73. The maximum absolute atomic E-state index is 12.7. The van der Waals surface area contributed by atoms with Gasteiger partial charge in [-0.3, -0.25) is 9.59 Å². The van der Waals surface area contributed by atoms with E-state index < -0.39 is 0 Å². The van der Waals surface area contributed by atoms with Crippen LogP contribution in [0, 0.1) is 0 Å². The molecule has 110 valence electrons. The van der Waals surface area contributed by atoms with Crippen LogP contribution in [0.15, 0.2) is 11.4 Å². The van der Waals surface area contributed by atoms with Gasteiger partial charge in [-0.15, -0.1) is 11.3 Å². The fourth-order valence-corrected chi connectivity index (χ4v) is 3.71. The second-order valence-electron chi connectivity index (χ2n) is 5.08. The highest BCUT2D eigenvalue weighted by Gasteiger charge is 2.31. The van der Waals surface area contributed by atoms with Gasteiger partial charge in [0, 0.05) is 11.4 Å². The zero-order valence-electron chi connectivity index (χ0n) is 12.1. The fraction of sp³-hybridized carbons (Fsp3) is 0.600. The van der Waals surface area contributed by atoms with E-state index in [0.29, 0.717) is 6.54 Å². The minimum atomic E-state index is -0.354. The number of rotatable bonds is 5. The standard InChI is InChI=1S/C15H21NO3S/c1-3-8-16(10-14(17)19-2)15(18)12-5-4-6-13-11(12)7-9-20-13/h7,9,12H,3-6,8,10H2,1-2H3. The quantitative estimate of drug-likeness (QED) is 0.784. The molecule has 1 aromatic heterocycles. The van der Waals surface area contributed by atoms with Crippen molar-refractivity contribution in [3.05, 3.63) is 21.9 Å². The van der Waals surface area contributed by atoms with E-state index in [4.69, 9.17) is 0 Å². The molecule has 1 aliphatic rings. The van der Waals surface area contributed by atoms with E-state index in [1.165, 1.54) is 12.0 Å². The van der Waals surface area contributed by atoms with E-state index in [-0.39, 0.29) is 24.3 Å². The van der Waals surface area contributed by atoms with E-state index >= 15 is 0 Å². The summed E-state index contributed by atoms with van der Waals surface area (Å²) in [5, 5.41) is 2.06. The fourth-order valence-electron chi connectivity index (χ4n) is 2.72. The Morgan fingerprint density at radius 2 is 2.30 bits per heavy atom. The average Bonchev–Trinajstić information content (AvgIpc) is 2.94. The molecule has 20 heavy (non-hydrogen) atoms. The minimum absolute atomic E-state index is 0.0547. The number of carbonyl (C=O) groups is 2. The Kier molecular flexibility index (Phi) is 5.17. The van der Waals surface area contributed by atoms with Crippen molar-refractivity contribution in [2.45, 2.75) is 38.5 Å². The first-order valence-electron chi connectivity index (χ1n) is 7.09. The maximum atomic E-state index is 12.7. The lowest BCUT2D eigenvalue weighted by Gasteiger charge is -2.28. The lowest BCUT2D eigenvalue weighted by molar-refractivity contribution is -0.147. The molecular formula is C15H21NO3S. The van der Waals surface area contributed by atoms with Gasteiger partial charge in [0.25, 0.3) is 0 Å². The van der Waals surface area contributed by atoms with Crippen LogP contribution in [0.2, 0.25) is 0 Å². The van der Waals surface area contributed by atoms with Gasteiger partial charge in [0.1, 0.15) is 6.54 Å². The summed E-state index contributed by atoms with van der Waals surface area (Å²) in [6, 6.07) is 2.06. The predicted molar refractivity (Wildman–Crippen MR) is 78.9 cm³/mol. The summed E-state index contributed by atoms with van der Waals surface area (Å²) in [6.07, 6.45) is 3.83. The molecule has 0 saturated heterocycles. The third-order valence-electron chi connectivity index (χ3n) is 3.70. The van der Waals surface area contributed by atoms with E-state index in [1.807, 2.05) is 6.92 Å². The monoisotopic (exact) mass is 295 g/mol. The number of fused-ring (bicyclic) bond motifs is 1. The van der Waals surface area contributed by atoms with Gasteiger partial charge in [0.05, 0.1) is 13.0 Å². The minimum Gasteiger partial charge on any atom is -0.468 e. The lowest BCUT2D eigenvalue weighted by Crippen LogP contribution is -2.40. The topological polar surface area (TPSA) is 46.6 Å². The highest BCUT2D eigenvalue weighted by molar-refractivity contribution is 7.10. The van der Waals surface area contributed by atoms with Gasteiger partial charge in [-0.25, -0.2) is 0 Å². The molecule has 1 amide bonds. The third-order valence-corrected chi connectivity index (χ3v) is 4.70. The summed E-state index contributed by atoms with van der Waals surface area (Å²) in [5.74, 6) is -0.369. The zero-order chi connectivity index (χ0) is 14.5. The second-order valence-corrected chi connectivity index (χ2v) is 6.08. The van der Waals surface area contributed by atoms with Gasteiger partial charge >= 0.3 is 5.97 Å². The molecule has 1 aromatic rings. The SMILES string of the molecule is CCCN(CC(=O)OC)C(=O)C1CCCc2sccc21. The van der Waals surface area contributed by atoms with Crippen LogP contribution in [0.1, 0.15) is 42.5 Å². The Hall–Kier alpha value is -1.36. The van der Waals surface area contributed by atoms with Crippen LogP contribution in [-0.4, -0.2) is 37.0 Å². The molecule has 4 nitrogen and oxygen atoms in total. The molecule has 0 bridgehead atoms. The van der Waals surface area contributed by atoms with Crippen molar-refractivity contribution >= 4 is 23.2 Å². The van der Waals surface area contributed by atoms with Crippen molar-refractivity contribution in [3.8, 4) is 0 Å². The first-order valence-corrected chi connectivity index (χ1v) is 7.97. The highest BCUT2D eigenvalue weighted by Crippen LogP contribution is 2.36. The molecule has 0 fully saturated rings. The van der Waals surface area contributed by atoms with Crippen LogP contribution in [0.4, 0.5) is 0 Å². The van der Waals surface area contributed by atoms with Crippen LogP contribution < -0.4 is 0 Å². The molecule has 0 spiro atoms. The van der Waals surface area contributed by atoms with Crippen molar-refractivity contribution in [2.24, 2.45) is 0 Å². The van der Waals surface area contributed by atoms with E-state index in [1.54, 1.807) is 16.2 Å². The maximum Gasteiger partial charge on any atom is 0.325 e. The number of esters is 1. The Balaban J connectivity index is 2.14. The molecule has 1 atom stereocenters. The normalized spacial score (nSPS) is 17.4. The van der Waals surface area contributed by atoms with Crippen LogP contribution >= 0.6 is 11.3 Å². The van der Waals surface area contributed by atoms with Crippen LogP contribution in [0.25, 0.3) is 0 Å². The number of hydrogen-bond donors (Lipinski definition) is 0. The summed E-state index contributed by atoms with van der Waals surface area (Å²) in [7, 11) is 1.36.